The predicted molar refractivity (Wildman–Crippen MR) is 65.6 cm³/mol. The fourth-order valence-corrected chi connectivity index (χ4v) is 2.96. The average molecular weight is 241 g/mol. The molecule has 3 N–H and O–H groups in total. The van der Waals surface area contributed by atoms with Crippen molar-refractivity contribution >= 4 is 5.97 Å². The molecule has 2 fully saturated rings. The number of nitrogens with one attached hydrogen (secondary N) is 1. The molecule has 0 aromatic heterocycles. The largest absolute Gasteiger partial charge is 0.469 e. The van der Waals surface area contributed by atoms with Gasteiger partial charge in [-0.05, 0) is 38.9 Å². The molecule has 2 rings (SSSR count). The highest BCUT2D eigenvalue weighted by molar-refractivity contribution is 5.72. The van der Waals surface area contributed by atoms with Crippen LogP contribution in [0.15, 0.2) is 0 Å². The van der Waals surface area contributed by atoms with E-state index >= 15 is 0 Å². The van der Waals surface area contributed by atoms with E-state index in [2.05, 4.69) is 10.2 Å². The van der Waals surface area contributed by atoms with Crippen molar-refractivity contribution in [1.29, 1.82) is 0 Å². The summed E-state index contributed by atoms with van der Waals surface area (Å²) in [4.78, 5) is 13.9. The zero-order valence-electron chi connectivity index (χ0n) is 10.5. The summed E-state index contributed by atoms with van der Waals surface area (Å²) in [5.41, 5.74) is 6.13. The maximum atomic E-state index is 11.4. The number of likely N-dealkylation sites (tertiary alicyclic amines) is 1. The molecule has 2 heterocycles. The van der Waals surface area contributed by atoms with Gasteiger partial charge in [-0.25, -0.2) is 0 Å². The average Bonchev–Trinajstić information content (AvgIpc) is 2.39. The Bertz CT molecular complexity index is 264. The first kappa shape index (κ1) is 12.8. The van der Waals surface area contributed by atoms with Gasteiger partial charge < -0.3 is 15.8 Å². The van der Waals surface area contributed by atoms with E-state index in [1.807, 2.05) is 0 Å². The van der Waals surface area contributed by atoms with E-state index in [1.165, 1.54) is 7.11 Å². The normalized spacial score (nSPS) is 32.4. The third-order valence-electron chi connectivity index (χ3n) is 4.02. The lowest BCUT2D eigenvalue weighted by molar-refractivity contribution is -0.147. The molecule has 0 bridgehead atoms. The van der Waals surface area contributed by atoms with Gasteiger partial charge in [-0.3, -0.25) is 9.69 Å². The number of hydrogen-bond acceptors (Lipinski definition) is 5. The second-order valence-electron chi connectivity index (χ2n) is 5.06. The molecule has 17 heavy (non-hydrogen) atoms. The summed E-state index contributed by atoms with van der Waals surface area (Å²) in [5.74, 6) is 0.0356. The Hall–Kier alpha value is -0.650. The maximum absolute atomic E-state index is 11.4. The van der Waals surface area contributed by atoms with Crippen molar-refractivity contribution in [1.82, 2.24) is 10.2 Å². The lowest BCUT2D eigenvalue weighted by Gasteiger charge is -2.41. The fraction of sp³-hybridized carbons (Fsp3) is 0.917. The number of carbonyl (C=O) groups is 1. The molecule has 2 atom stereocenters. The Morgan fingerprint density at radius 3 is 2.65 bits per heavy atom. The first-order chi connectivity index (χ1) is 8.22. The molecule has 5 heteroatoms. The summed E-state index contributed by atoms with van der Waals surface area (Å²) in [7, 11) is 1.47. The number of nitrogens with zero attached hydrogens (tertiary/aromatic N) is 1. The highest BCUT2D eigenvalue weighted by Crippen LogP contribution is 2.22. The molecule has 0 radical (unpaired) electrons. The minimum absolute atomic E-state index is 0.0562. The Morgan fingerprint density at radius 2 is 2.06 bits per heavy atom. The molecule has 0 aliphatic carbocycles. The van der Waals surface area contributed by atoms with Gasteiger partial charge in [-0.1, -0.05) is 0 Å². The second-order valence-corrected chi connectivity index (χ2v) is 5.06. The Labute approximate surface area is 103 Å². The van der Waals surface area contributed by atoms with E-state index in [4.69, 9.17) is 10.5 Å². The Kier molecular flexibility index (Phi) is 4.36. The molecular weight excluding hydrogens is 218 g/mol. The van der Waals surface area contributed by atoms with Crippen LogP contribution in [0.4, 0.5) is 0 Å². The molecule has 2 aliphatic heterocycles. The number of rotatable bonds is 2. The standard InChI is InChI=1S/C12H23N3O2/c1-17-12(16)9-3-6-15(7-4-9)11-2-5-14-8-10(11)13/h9-11,14H,2-8,13H2,1H3. The molecule has 0 aromatic carbocycles. The molecule has 2 aliphatic rings. The second kappa shape index (κ2) is 5.80. The van der Waals surface area contributed by atoms with Crippen molar-refractivity contribution in [3.05, 3.63) is 0 Å². The van der Waals surface area contributed by atoms with Gasteiger partial charge in [0.15, 0.2) is 0 Å². The monoisotopic (exact) mass is 241 g/mol. The van der Waals surface area contributed by atoms with Gasteiger partial charge in [0.2, 0.25) is 0 Å². The third-order valence-corrected chi connectivity index (χ3v) is 4.02. The number of ether oxygens (including phenoxy) is 1. The lowest BCUT2D eigenvalue weighted by Crippen LogP contribution is -2.58. The molecule has 98 valence electrons. The Morgan fingerprint density at radius 1 is 1.35 bits per heavy atom. The van der Waals surface area contributed by atoms with Gasteiger partial charge in [0.25, 0.3) is 0 Å². The summed E-state index contributed by atoms with van der Waals surface area (Å²) in [6.45, 7) is 3.90. The molecule has 5 nitrogen and oxygen atoms in total. The van der Waals surface area contributed by atoms with Gasteiger partial charge in [0.05, 0.1) is 13.0 Å². The van der Waals surface area contributed by atoms with E-state index in [1.54, 1.807) is 0 Å². The first-order valence-electron chi connectivity index (χ1n) is 6.50. The van der Waals surface area contributed by atoms with Crippen LogP contribution in [0.2, 0.25) is 0 Å². The minimum atomic E-state index is -0.0562. The molecular formula is C12H23N3O2. The summed E-state index contributed by atoms with van der Waals surface area (Å²) < 4.78 is 4.80. The van der Waals surface area contributed by atoms with Crippen molar-refractivity contribution in [3.63, 3.8) is 0 Å². The molecule has 0 amide bonds. The molecule has 2 saturated heterocycles. The molecule has 0 spiro atoms. The maximum Gasteiger partial charge on any atom is 0.308 e. The van der Waals surface area contributed by atoms with Gasteiger partial charge in [-0.2, -0.15) is 0 Å². The smallest absolute Gasteiger partial charge is 0.308 e. The topological polar surface area (TPSA) is 67.6 Å². The summed E-state index contributed by atoms with van der Waals surface area (Å²) in [5, 5.41) is 3.31. The van der Waals surface area contributed by atoms with Crippen LogP contribution in [-0.4, -0.2) is 56.2 Å². The van der Waals surface area contributed by atoms with Crippen LogP contribution >= 0.6 is 0 Å². The molecule has 0 aromatic rings. The van der Waals surface area contributed by atoms with Gasteiger partial charge >= 0.3 is 5.97 Å². The third kappa shape index (κ3) is 2.97. The number of carbonyl (C=O) groups excluding carboxylic acids is 1. The highest BCUT2D eigenvalue weighted by atomic mass is 16.5. The quantitative estimate of drug-likeness (QED) is 0.642. The van der Waals surface area contributed by atoms with Gasteiger partial charge in [0, 0.05) is 18.6 Å². The first-order valence-corrected chi connectivity index (χ1v) is 6.50. The van der Waals surface area contributed by atoms with Crippen molar-refractivity contribution in [2.24, 2.45) is 11.7 Å². The van der Waals surface area contributed by atoms with Crippen molar-refractivity contribution in [3.8, 4) is 0 Å². The number of hydrogen-bond donors (Lipinski definition) is 2. The Balaban J connectivity index is 1.83. The summed E-state index contributed by atoms with van der Waals surface area (Å²) in [6, 6.07) is 0.702. The van der Waals surface area contributed by atoms with Crippen LogP contribution in [-0.2, 0) is 9.53 Å². The van der Waals surface area contributed by atoms with Crippen LogP contribution in [0.25, 0.3) is 0 Å². The van der Waals surface area contributed by atoms with Crippen LogP contribution in [0, 0.1) is 5.92 Å². The zero-order chi connectivity index (χ0) is 12.3. The van der Waals surface area contributed by atoms with Crippen LogP contribution in [0.3, 0.4) is 0 Å². The number of methoxy groups -OCH3 is 1. The van der Waals surface area contributed by atoms with Gasteiger partial charge in [-0.15, -0.1) is 0 Å². The van der Waals surface area contributed by atoms with E-state index in [0.29, 0.717) is 6.04 Å². The van der Waals surface area contributed by atoms with Crippen LogP contribution < -0.4 is 11.1 Å². The molecule has 0 saturated carbocycles. The lowest BCUT2D eigenvalue weighted by atomic mass is 9.92. The van der Waals surface area contributed by atoms with E-state index in [0.717, 1.165) is 45.4 Å². The van der Waals surface area contributed by atoms with Gasteiger partial charge in [0.1, 0.15) is 0 Å². The fourth-order valence-electron chi connectivity index (χ4n) is 2.96. The number of piperidine rings is 2. The minimum Gasteiger partial charge on any atom is -0.469 e. The van der Waals surface area contributed by atoms with E-state index in [9.17, 15) is 4.79 Å². The van der Waals surface area contributed by atoms with E-state index < -0.39 is 0 Å². The summed E-state index contributed by atoms with van der Waals surface area (Å²) in [6.07, 6.45) is 2.93. The van der Waals surface area contributed by atoms with Crippen molar-refractivity contribution in [2.75, 3.05) is 33.3 Å². The van der Waals surface area contributed by atoms with Crippen LogP contribution in [0.1, 0.15) is 19.3 Å². The number of esters is 1. The predicted octanol–water partition coefficient (Wildman–Crippen LogP) is -0.439. The number of nitrogens with two attached hydrogens (primary N) is 1. The SMILES string of the molecule is COC(=O)C1CCN(C2CCNCC2N)CC1. The summed E-state index contributed by atoms with van der Waals surface area (Å²) >= 11 is 0. The van der Waals surface area contributed by atoms with Crippen molar-refractivity contribution < 1.29 is 9.53 Å². The zero-order valence-corrected chi connectivity index (χ0v) is 10.5. The van der Waals surface area contributed by atoms with Crippen molar-refractivity contribution in [2.45, 2.75) is 31.3 Å². The van der Waals surface area contributed by atoms with E-state index in [-0.39, 0.29) is 17.9 Å². The molecule has 2 unspecified atom stereocenters. The highest BCUT2D eigenvalue weighted by Gasteiger charge is 2.32. The van der Waals surface area contributed by atoms with Crippen LogP contribution in [0.5, 0.6) is 0 Å².